The van der Waals surface area contributed by atoms with Crippen molar-refractivity contribution in [2.24, 2.45) is 5.73 Å². The number of fused-ring (bicyclic) bond motifs is 1. The first-order valence-electron chi connectivity index (χ1n) is 13.1. The molecule has 2 aromatic rings. The lowest BCUT2D eigenvalue weighted by molar-refractivity contribution is 0.000966. The first-order chi connectivity index (χ1) is 17.4. The van der Waals surface area contributed by atoms with Crippen LogP contribution in [0.5, 0.6) is 11.5 Å². The third kappa shape index (κ3) is 7.13. The van der Waals surface area contributed by atoms with Gasteiger partial charge < -0.3 is 34.9 Å². The largest absolute Gasteiger partial charge is 0.497 e. The molecular formula is C29H43N3O4. The number of nitrogens with two attached hydrogens (primary N) is 1. The number of hydrogen-bond donors (Lipinski definition) is 2. The Labute approximate surface area is 216 Å². The normalized spacial score (nSPS) is 22.1. The number of methoxy groups -OCH3 is 2. The average Bonchev–Trinajstić information content (AvgIpc) is 2.87. The second-order valence-corrected chi connectivity index (χ2v) is 10.7. The minimum atomic E-state index is -0.212. The lowest BCUT2D eigenvalue weighted by Gasteiger charge is -2.39. The van der Waals surface area contributed by atoms with Crippen LogP contribution in [0.3, 0.4) is 0 Å². The number of benzene rings is 2. The van der Waals surface area contributed by atoms with Crippen LogP contribution in [0.25, 0.3) is 0 Å². The predicted molar refractivity (Wildman–Crippen MR) is 144 cm³/mol. The summed E-state index contributed by atoms with van der Waals surface area (Å²) in [5, 5.41) is 3.70. The van der Waals surface area contributed by atoms with Crippen LogP contribution in [0.4, 0.5) is 5.69 Å². The van der Waals surface area contributed by atoms with Crippen molar-refractivity contribution >= 4 is 5.69 Å². The predicted octanol–water partition coefficient (Wildman–Crippen LogP) is 4.09. The fourth-order valence-electron chi connectivity index (χ4n) is 5.38. The highest BCUT2D eigenvalue weighted by Gasteiger charge is 2.34. The fraction of sp³-hybridized carbons (Fsp3) is 0.586. The van der Waals surface area contributed by atoms with Gasteiger partial charge in [0.2, 0.25) is 0 Å². The van der Waals surface area contributed by atoms with E-state index in [9.17, 15) is 0 Å². The number of nitrogens with zero attached hydrogens (tertiary/aromatic N) is 1. The first-order valence-corrected chi connectivity index (χ1v) is 13.1. The van der Waals surface area contributed by atoms with Crippen molar-refractivity contribution in [3.63, 3.8) is 0 Å². The molecule has 2 aromatic carbocycles. The zero-order chi connectivity index (χ0) is 25.5. The van der Waals surface area contributed by atoms with Crippen molar-refractivity contribution in [2.75, 3.05) is 52.0 Å². The highest BCUT2D eigenvalue weighted by Crippen LogP contribution is 2.35. The smallest absolute Gasteiger partial charge is 0.142 e. The van der Waals surface area contributed by atoms with Gasteiger partial charge in [0.15, 0.2) is 0 Å². The number of ether oxygens (including phenoxy) is 4. The second kappa shape index (κ2) is 12.3. The summed E-state index contributed by atoms with van der Waals surface area (Å²) in [5.74, 6) is 2.11. The van der Waals surface area contributed by atoms with Crippen molar-refractivity contribution in [3.8, 4) is 11.5 Å². The van der Waals surface area contributed by atoms with E-state index in [2.05, 4.69) is 54.4 Å². The second-order valence-electron chi connectivity index (χ2n) is 10.7. The summed E-state index contributed by atoms with van der Waals surface area (Å²) in [7, 11) is 3.45. The van der Waals surface area contributed by atoms with E-state index in [0.29, 0.717) is 19.3 Å². The van der Waals surface area contributed by atoms with Gasteiger partial charge >= 0.3 is 0 Å². The van der Waals surface area contributed by atoms with E-state index in [0.717, 1.165) is 68.3 Å². The van der Waals surface area contributed by atoms with E-state index in [4.69, 9.17) is 24.7 Å². The van der Waals surface area contributed by atoms with Gasteiger partial charge in [-0.3, -0.25) is 0 Å². The molecule has 1 fully saturated rings. The molecule has 7 nitrogen and oxygen atoms in total. The Bertz CT molecular complexity index is 960. The van der Waals surface area contributed by atoms with Crippen LogP contribution in [-0.4, -0.2) is 64.8 Å². The molecule has 0 saturated carbocycles. The summed E-state index contributed by atoms with van der Waals surface area (Å²) >= 11 is 0. The summed E-state index contributed by atoms with van der Waals surface area (Å²) in [6, 6.07) is 15.2. The minimum absolute atomic E-state index is 0.0700. The molecular weight excluding hydrogens is 454 g/mol. The maximum atomic E-state index is 6.59. The molecule has 0 aliphatic carbocycles. The molecule has 0 radical (unpaired) electrons. The quantitative estimate of drug-likeness (QED) is 0.453. The van der Waals surface area contributed by atoms with Crippen LogP contribution < -0.4 is 25.4 Å². The molecule has 36 heavy (non-hydrogen) atoms. The molecule has 0 unspecified atom stereocenters. The van der Waals surface area contributed by atoms with Crippen molar-refractivity contribution in [1.82, 2.24) is 5.32 Å². The molecule has 0 bridgehead atoms. The number of hydrogen-bond acceptors (Lipinski definition) is 7. The molecule has 2 heterocycles. The van der Waals surface area contributed by atoms with Crippen LogP contribution >= 0.6 is 0 Å². The zero-order valence-electron chi connectivity index (χ0n) is 22.3. The third-order valence-corrected chi connectivity index (χ3v) is 7.13. The molecule has 2 aliphatic heterocycles. The van der Waals surface area contributed by atoms with E-state index >= 15 is 0 Å². The van der Waals surface area contributed by atoms with Crippen LogP contribution in [0.15, 0.2) is 42.5 Å². The minimum Gasteiger partial charge on any atom is -0.497 e. The number of anilines is 1. The number of nitrogens with one attached hydrogen (secondary N) is 1. The van der Waals surface area contributed by atoms with Crippen LogP contribution in [-0.2, 0) is 16.1 Å². The Morgan fingerprint density at radius 1 is 1.14 bits per heavy atom. The van der Waals surface area contributed by atoms with Crippen molar-refractivity contribution in [3.05, 3.63) is 53.6 Å². The molecule has 4 rings (SSSR count). The maximum Gasteiger partial charge on any atom is 0.142 e. The zero-order valence-corrected chi connectivity index (χ0v) is 22.3. The molecule has 1 saturated heterocycles. The molecule has 0 spiro atoms. The third-order valence-electron chi connectivity index (χ3n) is 7.13. The summed E-state index contributed by atoms with van der Waals surface area (Å²) in [5.41, 5.74) is 9.74. The standard InChI is InChI=1S/C29H43N3O4/c1-29(2,30)18-23-17-25(22-7-9-24(34-4)10-8-22)28(19-31-23)36-20-21-6-11-27-26(16-21)32(13-15-35-27)12-5-14-33-3/h6-11,16,23,25,28,31H,5,12-15,17-20,30H2,1-4H3/t23-,25+,28-/m0/s1. The van der Waals surface area contributed by atoms with Crippen molar-refractivity contribution in [2.45, 2.75) is 63.3 Å². The van der Waals surface area contributed by atoms with Crippen LogP contribution in [0.2, 0.25) is 0 Å². The Hall–Kier alpha value is -2.32. The molecule has 7 heteroatoms. The summed E-state index contributed by atoms with van der Waals surface area (Å²) in [6.07, 6.45) is 2.98. The van der Waals surface area contributed by atoms with Gasteiger partial charge in [0, 0.05) is 44.3 Å². The van der Waals surface area contributed by atoms with Gasteiger partial charge in [-0.1, -0.05) is 18.2 Å². The summed E-state index contributed by atoms with van der Waals surface area (Å²) in [4.78, 5) is 2.39. The van der Waals surface area contributed by atoms with Crippen LogP contribution in [0.1, 0.15) is 50.2 Å². The summed E-state index contributed by atoms with van der Waals surface area (Å²) in [6.45, 7) is 8.88. The van der Waals surface area contributed by atoms with E-state index in [1.807, 2.05) is 12.1 Å². The highest BCUT2D eigenvalue weighted by atomic mass is 16.5. The first kappa shape index (κ1) is 26.7. The van der Waals surface area contributed by atoms with Gasteiger partial charge in [-0.2, -0.15) is 0 Å². The highest BCUT2D eigenvalue weighted by molar-refractivity contribution is 5.61. The Morgan fingerprint density at radius 3 is 2.67 bits per heavy atom. The molecule has 0 amide bonds. The van der Waals surface area contributed by atoms with E-state index in [-0.39, 0.29) is 17.6 Å². The Balaban J connectivity index is 1.46. The molecule has 3 atom stereocenters. The van der Waals surface area contributed by atoms with E-state index < -0.39 is 0 Å². The molecule has 198 valence electrons. The van der Waals surface area contributed by atoms with Gasteiger partial charge in [-0.25, -0.2) is 0 Å². The van der Waals surface area contributed by atoms with Crippen molar-refractivity contribution in [1.29, 1.82) is 0 Å². The lowest BCUT2D eigenvalue weighted by Crippen LogP contribution is -2.50. The maximum absolute atomic E-state index is 6.59. The van der Waals surface area contributed by atoms with Gasteiger partial charge in [-0.15, -0.1) is 0 Å². The monoisotopic (exact) mass is 497 g/mol. The topological polar surface area (TPSA) is 78.2 Å². The van der Waals surface area contributed by atoms with Gasteiger partial charge in [0.05, 0.1) is 32.1 Å². The Kier molecular flexibility index (Phi) is 9.12. The SMILES string of the molecule is COCCCN1CCOc2ccc(CO[C@H]3CN[C@H](CC(C)(C)N)C[C@@H]3c3ccc(OC)cc3)cc21. The average molecular weight is 498 g/mol. The van der Waals surface area contributed by atoms with Gasteiger partial charge in [-0.05, 0) is 68.5 Å². The van der Waals surface area contributed by atoms with Gasteiger partial charge in [0.25, 0.3) is 0 Å². The molecule has 3 N–H and O–H groups in total. The van der Waals surface area contributed by atoms with Crippen LogP contribution in [0, 0.1) is 0 Å². The van der Waals surface area contributed by atoms with Crippen molar-refractivity contribution < 1.29 is 18.9 Å². The van der Waals surface area contributed by atoms with E-state index in [1.54, 1.807) is 14.2 Å². The van der Waals surface area contributed by atoms with Gasteiger partial charge in [0.1, 0.15) is 18.1 Å². The fourth-order valence-corrected chi connectivity index (χ4v) is 5.38. The van der Waals surface area contributed by atoms with E-state index in [1.165, 1.54) is 5.56 Å². The number of piperidine rings is 1. The Morgan fingerprint density at radius 2 is 1.94 bits per heavy atom. The molecule has 0 aromatic heterocycles. The molecule has 2 aliphatic rings. The summed E-state index contributed by atoms with van der Waals surface area (Å²) < 4.78 is 23.1. The lowest BCUT2D eigenvalue weighted by atomic mass is 9.80. The number of rotatable bonds is 11.